The third-order valence-electron chi connectivity index (χ3n) is 8.46. The normalized spacial score (nSPS) is 13.3. The van der Waals surface area contributed by atoms with Gasteiger partial charge in [0.2, 0.25) is 0 Å². The van der Waals surface area contributed by atoms with E-state index in [1.807, 2.05) is 0 Å². The van der Waals surface area contributed by atoms with Crippen LogP contribution in [0.2, 0.25) is 23.2 Å². The molecule has 0 aromatic heterocycles. The van der Waals surface area contributed by atoms with Crippen LogP contribution in [-0.4, -0.2) is 101 Å². The molecule has 0 aliphatic rings. The molecule has 3 radical (unpaired) electrons. The lowest BCUT2D eigenvalue weighted by Gasteiger charge is -2.30. The second-order valence-corrected chi connectivity index (χ2v) is 21.2. The summed E-state index contributed by atoms with van der Waals surface area (Å²) < 4.78 is 50.1. The van der Waals surface area contributed by atoms with Gasteiger partial charge in [0.1, 0.15) is 0 Å². The lowest BCUT2D eigenvalue weighted by molar-refractivity contribution is 0.122. The number of hydrogen-bond donors (Lipinski definition) is 0. The molecule has 13 heteroatoms. The predicted octanol–water partition coefficient (Wildman–Crippen LogP) is 6.80. The van der Waals surface area contributed by atoms with Crippen LogP contribution in [0.25, 0.3) is 0 Å². The van der Waals surface area contributed by atoms with E-state index in [9.17, 15) is 0 Å². The van der Waals surface area contributed by atoms with Crippen LogP contribution < -0.4 is 0 Å². The smallest absolute Gasteiger partial charge is 0.377 e. The van der Waals surface area contributed by atoms with E-state index in [-0.39, 0.29) is 5.04 Å². The molecule has 0 amide bonds. The van der Waals surface area contributed by atoms with Crippen molar-refractivity contribution in [1.29, 1.82) is 0 Å². The van der Waals surface area contributed by atoms with Crippen LogP contribution in [0.1, 0.15) is 96.3 Å². The zero-order valence-electron chi connectivity index (χ0n) is 27.9. The predicted molar refractivity (Wildman–Crippen MR) is 172 cm³/mol. The fourth-order valence-corrected chi connectivity index (χ4v) is 11.4. The molecule has 0 aromatic rings. The first-order valence-corrected chi connectivity index (χ1v) is 21.7. The zero-order valence-corrected chi connectivity index (χ0v) is 31.9. The third kappa shape index (κ3) is 16.4. The summed E-state index contributed by atoms with van der Waals surface area (Å²) in [6.07, 6.45) is 17.6. The highest BCUT2D eigenvalue weighted by molar-refractivity contribution is 6.61. The van der Waals surface area contributed by atoms with Crippen molar-refractivity contribution < 1.29 is 39.8 Å². The maximum atomic E-state index is 5.57. The Hall–Kier alpha value is 0.508. The summed E-state index contributed by atoms with van der Waals surface area (Å²) in [6, 6.07) is 2.61. The van der Waals surface area contributed by atoms with Gasteiger partial charge in [-0.25, -0.2) is 0 Å². The number of unbranched alkanes of at least 4 members (excludes halogenated alkanes) is 9. The van der Waals surface area contributed by atoms with Crippen LogP contribution in [-0.2, 0) is 39.8 Å². The van der Waals surface area contributed by atoms with Crippen molar-refractivity contribution in [3.8, 4) is 0 Å². The van der Waals surface area contributed by atoms with Crippen molar-refractivity contribution in [2.45, 2.75) is 119 Å². The first-order chi connectivity index (χ1) is 19.7. The molecule has 0 aliphatic heterocycles. The molecule has 0 bridgehead atoms. The summed E-state index contributed by atoms with van der Waals surface area (Å²) in [7, 11) is 12.1. The third-order valence-corrected chi connectivity index (χ3v) is 17.7. The van der Waals surface area contributed by atoms with Crippen LogP contribution >= 0.6 is 0 Å². The average Bonchev–Trinajstić information content (AvgIpc) is 3.01. The van der Waals surface area contributed by atoms with E-state index in [2.05, 4.69) is 10.2 Å². The summed E-state index contributed by atoms with van der Waals surface area (Å²) in [5.41, 5.74) is 0. The van der Waals surface area contributed by atoms with E-state index in [0.29, 0.717) is 0 Å². The molecular weight excluding hydrogens is 593 g/mol. The first kappa shape index (κ1) is 41.5. The summed E-state index contributed by atoms with van der Waals surface area (Å²) in [5, 5.41) is 0.193. The van der Waals surface area contributed by atoms with E-state index in [1.54, 1.807) is 64.0 Å². The summed E-state index contributed by atoms with van der Waals surface area (Å²) in [5.74, 6) is 0. The molecule has 9 nitrogen and oxygen atoms in total. The molecular formula is C28H63O9Si4. The monoisotopic (exact) mass is 655 g/mol. The van der Waals surface area contributed by atoms with E-state index in [4.69, 9.17) is 39.8 Å². The van der Waals surface area contributed by atoms with Gasteiger partial charge in [0.05, 0.1) is 0 Å². The largest absolute Gasteiger partial charge is 0.500 e. The van der Waals surface area contributed by atoms with E-state index < -0.39 is 26.4 Å². The highest BCUT2D eigenvalue weighted by Crippen LogP contribution is 2.41. The Morgan fingerprint density at radius 3 is 0.732 bits per heavy atom. The lowest BCUT2D eigenvalue weighted by atomic mass is 9.88. The molecule has 0 aliphatic carbocycles. The Morgan fingerprint density at radius 1 is 0.341 bits per heavy atom. The fraction of sp³-hybridized carbons (Fsp3) is 1.00. The SMILES string of the molecule is CO[Si](CCCCCCC([Si])(CCCCCC[Si](OC)(OC)OC)CCCCCC[Si](OC)(OC)OC)(OC)OC. The highest BCUT2D eigenvalue weighted by atomic mass is 28.4. The average molecular weight is 656 g/mol. The molecule has 41 heavy (non-hydrogen) atoms. The van der Waals surface area contributed by atoms with Gasteiger partial charge in [0.15, 0.2) is 0 Å². The van der Waals surface area contributed by atoms with Gasteiger partial charge >= 0.3 is 26.4 Å². The molecule has 0 heterocycles. The molecule has 0 atom stereocenters. The minimum Gasteiger partial charge on any atom is -0.377 e. The van der Waals surface area contributed by atoms with Gasteiger partial charge in [0.25, 0.3) is 0 Å². The Morgan fingerprint density at radius 2 is 0.537 bits per heavy atom. The number of rotatable bonds is 30. The Kier molecular flexibility index (Phi) is 24.1. The second-order valence-electron chi connectivity index (χ2n) is 10.9. The lowest BCUT2D eigenvalue weighted by Crippen LogP contribution is -2.42. The van der Waals surface area contributed by atoms with Crippen molar-refractivity contribution in [3.05, 3.63) is 0 Å². The van der Waals surface area contributed by atoms with Crippen molar-refractivity contribution in [2.24, 2.45) is 0 Å². The Labute approximate surface area is 259 Å². The Balaban J connectivity index is 4.69. The van der Waals surface area contributed by atoms with Crippen molar-refractivity contribution in [2.75, 3.05) is 64.0 Å². The minimum atomic E-state index is -2.46. The standard InChI is InChI=1S/C28H63O9Si4/c1-29-39(30-2,31-3)25-19-13-10-16-22-28(38,23-17-11-14-20-26-40(32-4,33-5)34-6)24-18-12-15-21-27-41(35-7,36-8)37-9/h10-27H2,1-9H3. The van der Waals surface area contributed by atoms with Crippen LogP contribution in [0.5, 0.6) is 0 Å². The molecule has 0 saturated heterocycles. The minimum absolute atomic E-state index is 0.193. The first-order valence-electron chi connectivity index (χ1n) is 15.4. The quantitative estimate of drug-likeness (QED) is 0.0613. The van der Waals surface area contributed by atoms with Crippen molar-refractivity contribution in [1.82, 2.24) is 0 Å². The molecule has 245 valence electrons. The van der Waals surface area contributed by atoms with Crippen molar-refractivity contribution in [3.63, 3.8) is 0 Å². The molecule has 0 aromatic carbocycles. The maximum absolute atomic E-state index is 5.57. The number of hydrogen-bond acceptors (Lipinski definition) is 9. The van der Waals surface area contributed by atoms with Gasteiger partial charge in [-0.15, -0.1) is 0 Å². The van der Waals surface area contributed by atoms with Crippen molar-refractivity contribution >= 4 is 36.7 Å². The van der Waals surface area contributed by atoms with Gasteiger partial charge < -0.3 is 39.8 Å². The summed E-state index contributed by atoms with van der Waals surface area (Å²) >= 11 is 0. The second kappa shape index (κ2) is 23.8. The Bertz CT molecular complexity index is 503. The van der Waals surface area contributed by atoms with Gasteiger partial charge in [-0.2, -0.15) is 0 Å². The van der Waals surface area contributed by atoms with Gasteiger partial charge in [-0.1, -0.05) is 77.0 Å². The van der Waals surface area contributed by atoms with E-state index >= 15 is 0 Å². The molecule has 0 saturated carbocycles. The van der Waals surface area contributed by atoms with Crippen LogP contribution in [0, 0.1) is 0 Å². The van der Waals surface area contributed by atoms with Gasteiger partial charge in [0, 0.05) is 92.4 Å². The summed E-state index contributed by atoms with van der Waals surface area (Å²) in [6.45, 7) is 0. The highest BCUT2D eigenvalue weighted by Gasteiger charge is 2.38. The molecule has 0 N–H and O–H groups in total. The molecule has 0 fully saturated rings. The topological polar surface area (TPSA) is 83.1 Å². The zero-order chi connectivity index (χ0) is 31.1. The van der Waals surface area contributed by atoms with E-state index in [1.165, 1.54) is 77.0 Å². The van der Waals surface area contributed by atoms with Gasteiger partial charge in [-0.05, 0) is 24.3 Å². The van der Waals surface area contributed by atoms with Crippen LogP contribution in [0.3, 0.4) is 0 Å². The molecule has 0 unspecified atom stereocenters. The maximum Gasteiger partial charge on any atom is 0.500 e. The van der Waals surface area contributed by atoms with Crippen LogP contribution in [0.4, 0.5) is 0 Å². The molecule has 0 spiro atoms. The summed E-state index contributed by atoms with van der Waals surface area (Å²) in [4.78, 5) is 0. The van der Waals surface area contributed by atoms with Gasteiger partial charge in [-0.3, -0.25) is 0 Å². The molecule has 0 rings (SSSR count). The van der Waals surface area contributed by atoms with Crippen LogP contribution in [0.15, 0.2) is 0 Å². The van der Waals surface area contributed by atoms with E-state index in [0.717, 1.165) is 37.4 Å². The fourth-order valence-electron chi connectivity index (χ4n) is 5.52.